The molecule has 3 aliphatic rings. The van der Waals surface area contributed by atoms with Gasteiger partial charge in [-0.2, -0.15) is 5.26 Å². The molecule has 1 saturated heterocycles. The van der Waals surface area contributed by atoms with Gasteiger partial charge in [0.1, 0.15) is 23.5 Å². The Morgan fingerprint density at radius 2 is 1.80 bits per heavy atom. The van der Waals surface area contributed by atoms with Crippen LogP contribution >= 0.6 is 0 Å². The summed E-state index contributed by atoms with van der Waals surface area (Å²) in [5, 5.41) is 25.2. The van der Waals surface area contributed by atoms with Crippen LogP contribution < -0.4 is 20.1 Å². The van der Waals surface area contributed by atoms with E-state index in [4.69, 9.17) is 14.2 Å². The van der Waals surface area contributed by atoms with Crippen LogP contribution in [0.15, 0.2) is 12.1 Å². The van der Waals surface area contributed by atoms with Crippen LogP contribution in [0.2, 0.25) is 0 Å². The van der Waals surface area contributed by atoms with E-state index in [9.17, 15) is 24.8 Å². The Balaban J connectivity index is 1.50. The first-order chi connectivity index (χ1) is 18.9. The monoisotopic (exact) mass is 555 g/mol. The molecule has 0 radical (unpaired) electrons. The standard InChI is InChI=1S/C30H41N3O7/c1-6-21-24(26(35)32-17-28(2)10-7-11-28)30(4,40-21)33-25(34)20-15-22(18(16-31)14-23(20)38-5)39-19-8-12-29(3,13-9-19)27(36)37/h14-15,19,21,24H,6-13,17H2,1-5H3,(H,32,35)(H,33,34)(H,36,37)/t19-,21-,24-,29+,30-/m0/s1. The molecule has 3 atom stereocenters. The number of carbonyl (C=O) groups excluding carboxylic acids is 2. The number of nitrogens with zero attached hydrogens (tertiary/aromatic N) is 1. The molecule has 2 aliphatic carbocycles. The zero-order valence-corrected chi connectivity index (χ0v) is 24.1. The van der Waals surface area contributed by atoms with Crippen molar-refractivity contribution in [3.63, 3.8) is 0 Å². The first-order valence-corrected chi connectivity index (χ1v) is 14.2. The van der Waals surface area contributed by atoms with E-state index in [-0.39, 0.29) is 46.2 Å². The molecule has 4 rings (SSSR count). The van der Waals surface area contributed by atoms with E-state index in [2.05, 4.69) is 23.6 Å². The van der Waals surface area contributed by atoms with Gasteiger partial charge in [-0.15, -0.1) is 0 Å². The Kier molecular flexibility index (Phi) is 8.36. The van der Waals surface area contributed by atoms with Crippen molar-refractivity contribution >= 4 is 17.8 Å². The second kappa shape index (κ2) is 11.3. The quantitative estimate of drug-likeness (QED) is 0.390. The van der Waals surface area contributed by atoms with Gasteiger partial charge in [-0.05, 0) is 70.3 Å². The third-order valence-electron chi connectivity index (χ3n) is 9.17. The predicted molar refractivity (Wildman–Crippen MR) is 146 cm³/mol. The van der Waals surface area contributed by atoms with Crippen LogP contribution in [0.4, 0.5) is 0 Å². The van der Waals surface area contributed by atoms with Gasteiger partial charge in [-0.25, -0.2) is 0 Å². The van der Waals surface area contributed by atoms with Gasteiger partial charge in [0.25, 0.3) is 5.91 Å². The molecule has 1 heterocycles. The van der Waals surface area contributed by atoms with Gasteiger partial charge >= 0.3 is 5.97 Å². The van der Waals surface area contributed by atoms with Crippen molar-refractivity contribution in [3.05, 3.63) is 23.3 Å². The summed E-state index contributed by atoms with van der Waals surface area (Å²) in [6, 6.07) is 5.02. The molecule has 3 fully saturated rings. The lowest BCUT2D eigenvalue weighted by molar-refractivity contribution is -0.254. The van der Waals surface area contributed by atoms with Crippen LogP contribution in [0.3, 0.4) is 0 Å². The van der Waals surface area contributed by atoms with Crippen molar-refractivity contribution in [2.45, 2.75) is 97.0 Å². The molecule has 40 heavy (non-hydrogen) atoms. The lowest BCUT2D eigenvalue weighted by atomic mass is 9.70. The summed E-state index contributed by atoms with van der Waals surface area (Å²) in [6.45, 7) is 8.13. The third-order valence-corrected chi connectivity index (χ3v) is 9.17. The number of nitrogens with one attached hydrogen (secondary N) is 2. The lowest BCUT2D eigenvalue weighted by Crippen LogP contribution is -2.71. The molecule has 0 aromatic heterocycles. The number of hydrogen-bond donors (Lipinski definition) is 3. The number of aliphatic carboxylic acids is 1. The normalized spacial score (nSPS) is 30.6. The average molecular weight is 556 g/mol. The van der Waals surface area contributed by atoms with Gasteiger partial charge in [0, 0.05) is 12.6 Å². The molecule has 0 unspecified atom stereocenters. The smallest absolute Gasteiger partial charge is 0.309 e. The minimum absolute atomic E-state index is 0.123. The zero-order valence-electron chi connectivity index (χ0n) is 24.1. The minimum Gasteiger partial charge on any atom is -0.496 e. The first kappa shape index (κ1) is 29.7. The van der Waals surface area contributed by atoms with E-state index >= 15 is 0 Å². The van der Waals surface area contributed by atoms with Crippen LogP contribution in [0.1, 0.15) is 95.0 Å². The van der Waals surface area contributed by atoms with E-state index in [1.165, 1.54) is 25.7 Å². The Morgan fingerprint density at radius 1 is 1.12 bits per heavy atom. The van der Waals surface area contributed by atoms with Crippen molar-refractivity contribution in [3.8, 4) is 17.6 Å². The number of hydrogen-bond acceptors (Lipinski definition) is 7. The Hall–Kier alpha value is -3.32. The summed E-state index contributed by atoms with van der Waals surface area (Å²) in [6.07, 6.45) is 5.31. The number of carbonyl (C=O) groups is 3. The van der Waals surface area contributed by atoms with Crippen molar-refractivity contribution in [1.29, 1.82) is 5.26 Å². The highest BCUT2D eigenvalue weighted by molar-refractivity contribution is 5.98. The SMILES string of the molecule is CC[C@@H]1O[C@](C)(NC(=O)c2cc(O[C@H]3CC[C@@](C)(C(=O)O)CC3)c(C#N)cc2OC)[C@@H]1C(=O)NCC1(C)CCC1. The molecule has 218 valence electrons. The highest BCUT2D eigenvalue weighted by atomic mass is 16.6. The number of amides is 2. The minimum atomic E-state index is -1.22. The fraction of sp³-hybridized carbons (Fsp3) is 0.667. The van der Waals surface area contributed by atoms with Gasteiger partial charge in [-0.1, -0.05) is 20.3 Å². The Bertz CT molecular complexity index is 1200. The number of carboxylic acid groups (broad SMARTS) is 1. The van der Waals surface area contributed by atoms with Crippen molar-refractivity contribution in [1.82, 2.24) is 10.6 Å². The van der Waals surface area contributed by atoms with Gasteiger partial charge < -0.3 is 30.0 Å². The summed E-state index contributed by atoms with van der Waals surface area (Å²) in [7, 11) is 1.41. The summed E-state index contributed by atoms with van der Waals surface area (Å²) >= 11 is 0. The van der Waals surface area contributed by atoms with Crippen molar-refractivity contribution in [2.75, 3.05) is 13.7 Å². The molecule has 3 N–H and O–H groups in total. The number of carboxylic acids is 1. The number of rotatable bonds is 10. The van der Waals surface area contributed by atoms with E-state index < -0.39 is 28.9 Å². The maximum absolute atomic E-state index is 13.6. The molecule has 10 heteroatoms. The van der Waals surface area contributed by atoms with Gasteiger partial charge in [-0.3, -0.25) is 14.4 Å². The average Bonchev–Trinajstić information content (AvgIpc) is 2.90. The topological polar surface area (TPSA) is 147 Å². The van der Waals surface area contributed by atoms with E-state index in [0.717, 1.165) is 12.8 Å². The zero-order chi connectivity index (χ0) is 29.3. The van der Waals surface area contributed by atoms with Crippen molar-refractivity contribution < 1.29 is 33.7 Å². The fourth-order valence-corrected chi connectivity index (χ4v) is 6.07. The Morgan fingerprint density at radius 3 is 2.33 bits per heavy atom. The second-order valence-corrected chi connectivity index (χ2v) is 12.3. The summed E-state index contributed by atoms with van der Waals surface area (Å²) in [4.78, 5) is 38.4. The molecular weight excluding hydrogens is 514 g/mol. The molecule has 1 aliphatic heterocycles. The number of nitriles is 1. The highest BCUT2D eigenvalue weighted by Gasteiger charge is 2.56. The molecular formula is C30H41N3O7. The van der Waals surface area contributed by atoms with Gasteiger partial charge in [0.2, 0.25) is 5.91 Å². The highest BCUT2D eigenvalue weighted by Crippen LogP contribution is 2.42. The summed E-state index contributed by atoms with van der Waals surface area (Å²) in [5.74, 6) is -1.63. The first-order valence-electron chi connectivity index (χ1n) is 14.2. The number of benzene rings is 1. The number of ether oxygens (including phenoxy) is 3. The number of methoxy groups -OCH3 is 1. The molecule has 0 spiro atoms. The van der Waals surface area contributed by atoms with E-state index in [1.54, 1.807) is 13.8 Å². The molecule has 2 saturated carbocycles. The Labute approximate surface area is 235 Å². The molecule has 1 aromatic rings. The maximum Gasteiger partial charge on any atom is 0.309 e. The molecule has 1 aromatic carbocycles. The third kappa shape index (κ3) is 5.75. The molecule has 2 amide bonds. The maximum atomic E-state index is 13.6. The van der Waals surface area contributed by atoms with Crippen molar-refractivity contribution in [2.24, 2.45) is 16.7 Å². The predicted octanol–water partition coefficient (Wildman–Crippen LogP) is 4.16. The second-order valence-electron chi connectivity index (χ2n) is 12.3. The molecule has 0 bridgehead atoms. The fourth-order valence-electron chi connectivity index (χ4n) is 6.07. The summed E-state index contributed by atoms with van der Waals surface area (Å²) in [5.41, 5.74) is -1.53. The van der Waals surface area contributed by atoms with Crippen LogP contribution in [0.25, 0.3) is 0 Å². The van der Waals surface area contributed by atoms with Gasteiger partial charge in [0.05, 0.1) is 35.9 Å². The largest absolute Gasteiger partial charge is 0.496 e. The summed E-state index contributed by atoms with van der Waals surface area (Å²) < 4.78 is 17.6. The van der Waals surface area contributed by atoms with Crippen LogP contribution in [0, 0.1) is 28.1 Å². The van der Waals surface area contributed by atoms with Gasteiger partial charge in [0.15, 0.2) is 5.72 Å². The van der Waals surface area contributed by atoms with E-state index in [0.29, 0.717) is 38.6 Å². The van der Waals surface area contributed by atoms with Crippen LogP contribution in [0.5, 0.6) is 11.5 Å². The van der Waals surface area contributed by atoms with Crippen LogP contribution in [-0.2, 0) is 14.3 Å². The molecule has 10 nitrogen and oxygen atoms in total. The lowest BCUT2D eigenvalue weighted by Gasteiger charge is -2.52. The van der Waals surface area contributed by atoms with Crippen LogP contribution in [-0.4, -0.2) is 54.5 Å². The van der Waals surface area contributed by atoms with E-state index in [1.807, 2.05) is 6.92 Å².